The van der Waals surface area contributed by atoms with Crippen molar-refractivity contribution in [2.75, 3.05) is 0 Å². The molecule has 1 heteroatoms. The summed E-state index contributed by atoms with van der Waals surface area (Å²) in [6, 6.07) is 2.74. The van der Waals surface area contributed by atoms with Crippen molar-refractivity contribution in [3.63, 3.8) is 0 Å². The highest BCUT2D eigenvalue weighted by molar-refractivity contribution is 5.19. The second kappa shape index (κ2) is 6.29. The summed E-state index contributed by atoms with van der Waals surface area (Å²) in [4.78, 5) is 0. The second-order valence-corrected chi connectivity index (χ2v) is 10.0. The lowest BCUT2D eigenvalue weighted by Gasteiger charge is -2.61. The molecule has 0 bridgehead atoms. The maximum atomic E-state index is 9.83. The summed E-state index contributed by atoms with van der Waals surface area (Å²) < 4.78 is 0. The Morgan fingerprint density at radius 2 is 1.64 bits per heavy atom. The van der Waals surface area contributed by atoms with Crippen molar-refractivity contribution < 1.29 is 0 Å². The van der Waals surface area contributed by atoms with Crippen LogP contribution in [-0.4, -0.2) is 0 Å². The van der Waals surface area contributed by atoms with Crippen LogP contribution in [0.25, 0.3) is 0 Å². The molecule has 0 aromatic heterocycles. The second-order valence-electron chi connectivity index (χ2n) is 10.0. The van der Waals surface area contributed by atoms with Gasteiger partial charge in [0.15, 0.2) is 0 Å². The summed E-state index contributed by atoms with van der Waals surface area (Å²) >= 11 is 0. The molecule has 25 heavy (non-hydrogen) atoms. The summed E-state index contributed by atoms with van der Waals surface area (Å²) in [7, 11) is 0. The van der Waals surface area contributed by atoms with Crippen LogP contribution in [0.5, 0.6) is 0 Å². The molecule has 7 atom stereocenters. The first-order valence-electron chi connectivity index (χ1n) is 10.4. The topological polar surface area (TPSA) is 23.8 Å². The summed E-state index contributed by atoms with van der Waals surface area (Å²) in [5.74, 6) is 3.48. The molecule has 0 heterocycles. The van der Waals surface area contributed by atoms with Crippen molar-refractivity contribution >= 4 is 0 Å². The van der Waals surface area contributed by atoms with Gasteiger partial charge in [0, 0.05) is 0 Å². The minimum atomic E-state index is -0.0821. The zero-order valence-electron chi connectivity index (χ0n) is 16.7. The van der Waals surface area contributed by atoms with E-state index < -0.39 is 0 Å². The molecule has 0 aromatic rings. The fourth-order valence-electron chi connectivity index (χ4n) is 7.61. The summed E-state index contributed by atoms with van der Waals surface area (Å²) in [6.45, 7) is 17.6. The number of fused-ring (bicyclic) bond motifs is 5. The highest BCUT2D eigenvalue weighted by atomic mass is 14.7. The molecule has 0 aliphatic heterocycles. The summed E-state index contributed by atoms with van der Waals surface area (Å²) in [6.07, 6.45) is 11.8. The molecular formula is C24H37N. The standard InChI is InChI=1S/C22H33N.C2H4/c1-15-7-11-21(3)16(13-15)5-6-17-18(21)9-12-22(4)19(17)8-10-20(22,2)14-23;1-2/h16-19H,1,5-13H2,2-4H3;1-2H2/t16?,17?,18?,19?,20-,21?,22?;/m1./s1. The third-order valence-corrected chi connectivity index (χ3v) is 9.47. The van der Waals surface area contributed by atoms with E-state index in [1.807, 2.05) is 0 Å². The largest absolute Gasteiger partial charge is 0.198 e. The van der Waals surface area contributed by atoms with Crippen LogP contribution in [0.4, 0.5) is 0 Å². The molecule has 0 saturated heterocycles. The molecule has 4 rings (SSSR count). The molecule has 4 saturated carbocycles. The molecule has 6 unspecified atom stereocenters. The molecule has 0 N–H and O–H groups in total. The van der Waals surface area contributed by atoms with Crippen LogP contribution in [0.3, 0.4) is 0 Å². The molecule has 0 aromatic carbocycles. The Morgan fingerprint density at radius 1 is 0.960 bits per heavy atom. The van der Waals surface area contributed by atoms with E-state index in [1.54, 1.807) is 0 Å². The van der Waals surface area contributed by atoms with Crippen molar-refractivity contribution in [2.24, 2.45) is 39.9 Å². The van der Waals surface area contributed by atoms with E-state index in [-0.39, 0.29) is 10.8 Å². The van der Waals surface area contributed by atoms with Crippen LogP contribution < -0.4 is 0 Å². The predicted molar refractivity (Wildman–Crippen MR) is 106 cm³/mol. The van der Waals surface area contributed by atoms with Gasteiger partial charge in [0.1, 0.15) is 0 Å². The maximum Gasteiger partial charge on any atom is 0.0692 e. The van der Waals surface area contributed by atoms with E-state index in [0.717, 1.165) is 30.1 Å². The highest BCUT2D eigenvalue weighted by Crippen LogP contribution is 2.70. The summed E-state index contributed by atoms with van der Waals surface area (Å²) in [5.41, 5.74) is 2.24. The molecule has 4 fully saturated rings. The predicted octanol–water partition coefficient (Wildman–Crippen LogP) is 6.92. The van der Waals surface area contributed by atoms with E-state index in [9.17, 15) is 5.26 Å². The average Bonchev–Trinajstić information content (AvgIpc) is 2.89. The number of hydrogen-bond acceptors (Lipinski definition) is 1. The van der Waals surface area contributed by atoms with Crippen molar-refractivity contribution in [1.29, 1.82) is 5.26 Å². The molecule has 0 amide bonds. The smallest absolute Gasteiger partial charge is 0.0692 e. The van der Waals surface area contributed by atoms with Gasteiger partial charge in [-0.1, -0.05) is 26.0 Å². The van der Waals surface area contributed by atoms with Gasteiger partial charge in [0.25, 0.3) is 0 Å². The lowest BCUT2D eigenvalue weighted by Crippen LogP contribution is -2.54. The van der Waals surface area contributed by atoms with Crippen LogP contribution in [0.15, 0.2) is 25.3 Å². The number of rotatable bonds is 0. The molecule has 4 aliphatic carbocycles. The minimum Gasteiger partial charge on any atom is -0.198 e. The van der Waals surface area contributed by atoms with Crippen molar-refractivity contribution in [2.45, 2.75) is 78.6 Å². The Bertz CT molecular complexity index is 585. The molecule has 1 nitrogen and oxygen atoms in total. The first-order valence-corrected chi connectivity index (χ1v) is 10.4. The Labute approximate surface area is 155 Å². The van der Waals surface area contributed by atoms with Crippen LogP contribution in [0.1, 0.15) is 78.6 Å². The zero-order chi connectivity index (χ0) is 18.5. The van der Waals surface area contributed by atoms with Gasteiger partial charge in [-0.15, -0.1) is 13.2 Å². The number of nitriles is 1. The zero-order valence-corrected chi connectivity index (χ0v) is 16.7. The van der Waals surface area contributed by atoms with Crippen molar-refractivity contribution in [3.8, 4) is 6.07 Å². The Morgan fingerprint density at radius 3 is 2.32 bits per heavy atom. The first kappa shape index (κ1) is 18.8. The van der Waals surface area contributed by atoms with Crippen molar-refractivity contribution in [1.82, 2.24) is 0 Å². The fraction of sp³-hybridized carbons (Fsp3) is 0.792. The molecule has 0 spiro atoms. The van der Waals surface area contributed by atoms with Gasteiger partial charge in [0.05, 0.1) is 11.5 Å². The quantitative estimate of drug-likeness (QED) is 0.439. The average molecular weight is 340 g/mol. The molecule has 138 valence electrons. The lowest BCUT2D eigenvalue weighted by molar-refractivity contribution is -0.110. The van der Waals surface area contributed by atoms with Gasteiger partial charge in [-0.05, 0) is 99.2 Å². The molecular weight excluding hydrogens is 302 g/mol. The Kier molecular flexibility index (Phi) is 4.72. The highest BCUT2D eigenvalue weighted by Gasteiger charge is 2.63. The first-order chi connectivity index (χ1) is 11.8. The lowest BCUT2D eigenvalue weighted by atomic mass is 9.43. The third kappa shape index (κ3) is 2.47. The third-order valence-electron chi connectivity index (χ3n) is 9.47. The van der Waals surface area contributed by atoms with Crippen LogP contribution in [0.2, 0.25) is 0 Å². The normalized spacial score (nSPS) is 51.2. The molecule has 4 aliphatic rings. The van der Waals surface area contributed by atoms with Gasteiger partial charge in [0.2, 0.25) is 0 Å². The van der Waals surface area contributed by atoms with Gasteiger partial charge in [-0.3, -0.25) is 0 Å². The van der Waals surface area contributed by atoms with E-state index in [0.29, 0.717) is 5.41 Å². The summed E-state index contributed by atoms with van der Waals surface area (Å²) in [5, 5.41) is 9.83. The van der Waals surface area contributed by atoms with Gasteiger partial charge >= 0.3 is 0 Å². The number of hydrogen-bond donors (Lipinski definition) is 0. The minimum absolute atomic E-state index is 0.0821. The van der Waals surface area contributed by atoms with Crippen molar-refractivity contribution in [3.05, 3.63) is 25.3 Å². The number of allylic oxidation sites excluding steroid dienone is 1. The monoisotopic (exact) mass is 339 g/mol. The SMILES string of the molecule is C=C.C=C1CCC2(C)C(CCC3C2CCC2(C)C3CC[C@]2(C)C#N)C1. The van der Waals surface area contributed by atoms with Crippen LogP contribution >= 0.6 is 0 Å². The van der Waals surface area contributed by atoms with Crippen LogP contribution in [0, 0.1) is 51.2 Å². The van der Waals surface area contributed by atoms with E-state index in [4.69, 9.17) is 0 Å². The fourth-order valence-corrected chi connectivity index (χ4v) is 7.61. The van der Waals surface area contributed by atoms with Gasteiger partial charge < -0.3 is 0 Å². The van der Waals surface area contributed by atoms with E-state index in [2.05, 4.69) is 46.6 Å². The van der Waals surface area contributed by atoms with Crippen LogP contribution in [-0.2, 0) is 0 Å². The maximum absolute atomic E-state index is 9.83. The number of nitrogens with zero attached hydrogens (tertiary/aromatic N) is 1. The van der Waals surface area contributed by atoms with E-state index >= 15 is 0 Å². The van der Waals surface area contributed by atoms with Gasteiger partial charge in [-0.25, -0.2) is 0 Å². The van der Waals surface area contributed by atoms with E-state index in [1.165, 1.54) is 56.9 Å². The Hall–Kier alpha value is -1.03. The molecule has 0 radical (unpaired) electrons. The Balaban J connectivity index is 0.000000880. The van der Waals surface area contributed by atoms with Gasteiger partial charge in [-0.2, -0.15) is 5.26 Å².